The Morgan fingerprint density at radius 2 is 2.12 bits per heavy atom. The molecule has 0 aromatic carbocycles. The van der Waals surface area contributed by atoms with Crippen molar-refractivity contribution in [2.75, 3.05) is 6.54 Å². The van der Waals surface area contributed by atoms with E-state index in [0.29, 0.717) is 24.0 Å². The Bertz CT molecular complexity index is 955. The number of fused-ring (bicyclic) bond motifs is 1. The summed E-state index contributed by atoms with van der Waals surface area (Å²) >= 11 is 0. The molecule has 5 rings (SSSR count). The monoisotopic (exact) mass is 337 g/mol. The Hall–Kier alpha value is -2.70. The zero-order chi connectivity index (χ0) is 17.0. The molecular weight excluding hydrogens is 318 g/mol. The number of nitrogens with zero attached hydrogens (tertiary/aromatic N) is 5. The molecule has 0 radical (unpaired) electrons. The number of aryl methyl sites for hydroxylation is 1. The molecule has 2 fully saturated rings. The number of likely N-dealkylation sites (tertiary alicyclic amines) is 1. The van der Waals surface area contributed by atoms with E-state index >= 15 is 0 Å². The minimum Gasteiger partial charge on any atom is -0.337 e. The van der Waals surface area contributed by atoms with Crippen LogP contribution in [0.5, 0.6) is 0 Å². The predicted octanol–water partition coefficient (Wildman–Crippen LogP) is 2.88. The third kappa shape index (κ3) is 2.33. The van der Waals surface area contributed by atoms with Gasteiger partial charge in [0, 0.05) is 18.7 Å². The van der Waals surface area contributed by atoms with Crippen LogP contribution in [0.1, 0.15) is 65.5 Å². The predicted molar refractivity (Wildman–Crippen MR) is 89.2 cm³/mol. The molecule has 1 atom stereocenters. The minimum atomic E-state index is -0.138. The molecule has 1 aliphatic heterocycles. The van der Waals surface area contributed by atoms with E-state index in [2.05, 4.69) is 15.1 Å². The van der Waals surface area contributed by atoms with Gasteiger partial charge in [0.1, 0.15) is 17.4 Å². The quantitative estimate of drug-likeness (QED) is 0.734. The van der Waals surface area contributed by atoms with Gasteiger partial charge in [0.15, 0.2) is 5.82 Å². The van der Waals surface area contributed by atoms with Crippen molar-refractivity contribution in [2.24, 2.45) is 0 Å². The van der Waals surface area contributed by atoms with Gasteiger partial charge in [-0.2, -0.15) is 4.98 Å². The van der Waals surface area contributed by atoms with Gasteiger partial charge in [0.2, 0.25) is 5.89 Å². The van der Waals surface area contributed by atoms with Gasteiger partial charge >= 0.3 is 0 Å². The van der Waals surface area contributed by atoms with Crippen LogP contribution in [0, 0.1) is 6.92 Å². The molecule has 1 saturated heterocycles. The van der Waals surface area contributed by atoms with Crippen molar-refractivity contribution in [3.8, 4) is 0 Å². The lowest BCUT2D eigenvalue weighted by Crippen LogP contribution is -2.32. The van der Waals surface area contributed by atoms with Crippen LogP contribution in [0.2, 0.25) is 0 Å². The summed E-state index contributed by atoms with van der Waals surface area (Å²) in [5, 5.41) is 4.11. The minimum absolute atomic E-state index is 0.0233. The van der Waals surface area contributed by atoms with Crippen LogP contribution in [0.15, 0.2) is 28.9 Å². The Balaban J connectivity index is 1.49. The molecular formula is C18H19N5O2. The van der Waals surface area contributed by atoms with Crippen LogP contribution < -0.4 is 0 Å². The highest BCUT2D eigenvalue weighted by Gasteiger charge is 2.37. The molecule has 1 saturated carbocycles. The number of carbonyl (C=O) groups excluding carboxylic acids is 1. The van der Waals surface area contributed by atoms with Crippen molar-refractivity contribution in [3.05, 3.63) is 47.5 Å². The van der Waals surface area contributed by atoms with Crippen molar-refractivity contribution in [1.82, 2.24) is 24.4 Å². The molecule has 7 nitrogen and oxygen atoms in total. The summed E-state index contributed by atoms with van der Waals surface area (Å²) in [7, 11) is 0. The maximum Gasteiger partial charge on any atom is 0.273 e. The van der Waals surface area contributed by atoms with Crippen LogP contribution in [0.3, 0.4) is 0 Å². The first-order valence-electron chi connectivity index (χ1n) is 8.80. The topological polar surface area (TPSA) is 76.5 Å². The van der Waals surface area contributed by atoms with Crippen LogP contribution >= 0.6 is 0 Å². The smallest absolute Gasteiger partial charge is 0.273 e. The number of hydrogen-bond acceptors (Lipinski definition) is 5. The van der Waals surface area contributed by atoms with Crippen molar-refractivity contribution >= 4 is 11.6 Å². The van der Waals surface area contributed by atoms with E-state index in [1.165, 1.54) is 0 Å². The highest BCUT2D eigenvalue weighted by molar-refractivity contribution is 5.95. The molecule has 1 aliphatic carbocycles. The van der Waals surface area contributed by atoms with Gasteiger partial charge in [-0.1, -0.05) is 11.2 Å². The summed E-state index contributed by atoms with van der Waals surface area (Å²) in [5.41, 5.74) is 2.14. The van der Waals surface area contributed by atoms with Crippen molar-refractivity contribution in [3.63, 3.8) is 0 Å². The van der Waals surface area contributed by atoms with Crippen LogP contribution in [0.4, 0.5) is 0 Å². The lowest BCUT2D eigenvalue weighted by atomic mass is 10.2. The zero-order valence-corrected chi connectivity index (χ0v) is 14.1. The lowest BCUT2D eigenvalue weighted by Gasteiger charge is -2.21. The summed E-state index contributed by atoms with van der Waals surface area (Å²) in [6.07, 6.45) is 5.94. The Kier molecular flexibility index (Phi) is 3.16. The fraction of sp³-hybridized carbons (Fsp3) is 0.444. The molecule has 0 spiro atoms. The van der Waals surface area contributed by atoms with E-state index in [9.17, 15) is 4.79 Å². The van der Waals surface area contributed by atoms with E-state index in [1.54, 1.807) is 0 Å². The van der Waals surface area contributed by atoms with Gasteiger partial charge in [0.05, 0.1) is 5.69 Å². The standard InChI is InChI=1S/C18H19N5O2/c1-11-15(23-9-3-2-6-14(23)19-11)18(24)22-10-4-5-13(22)17-20-16(21-25-17)12-7-8-12/h2-3,6,9,12-13H,4-5,7-8,10H2,1H3. The summed E-state index contributed by atoms with van der Waals surface area (Å²) in [6, 6.07) is 5.60. The molecule has 7 heteroatoms. The van der Waals surface area contributed by atoms with Gasteiger partial charge in [-0.3, -0.25) is 9.20 Å². The lowest BCUT2D eigenvalue weighted by molar-refractivity contribution is 0.0702. The zero-order valence-electron chi connectivity index (χ0n) is 14.1. The van der Waals surface area contributed by atoms with Crippen molar-refractivity contribution in [2.45, 2.75) is 44.6 Å². The summed E-state index contributed by atoms with van der Waals surface area (Å²) < 4.78 is 7.35. The summed E-state index contributed by atoms with van der Waals surface area (Å²) in [4.78, 5) is 24.2. The second-order valence-corrected chi connectivity index (χ2v) is 6.90. The molecule has 3 aromatic heterocycles. The largest absolute Gasteiger partial charge is 0.337 e. The van der Waals surface area contributed by atoms with Gasteiger partial charge < -0.3 is 9.42 Å². The number of hydrogen-bond donors (Lipinski definition) is 0. The fourth-order valence-electron chi connectivity index (χ4n) is 3.66. The summed E-state index contributed by atoms with van der Waals surface area (Å²) in [5.74, 6) is 1.79. The van der Waals surface area contributed by atoms with Crippen LogP contribution in [-0.2, 0) is 0 Å². The third-order valence-electron chi connectivity index (χ3n) is 5.11. The van der Waals surface area contributed by atoms with E-state index < -0.39 is 0 Å². The number of pyridine rings is 1. The molecule has 0 N–H and O–H groups in total. The molecule has 0 bridgehead atoms. The molecule has 4 heterocycles. The Morgan fingerprint density at radius 1 is 1.24 bits per heavy atom. The first kappa shape index (κ1) is 14.6. The molecule has 25 heavy (non-hydrogen) atoms. The molecule has 3 aromatic rings. The van der Waals surface area contributed by atoms with Crippen molar-refractivity contribution in [1.29, 1.82) is 0 Å². The molecule has 1 unspecified atom stereocenters. The van der Waals surface area contributed by atoms with Gasteiger partial charge in [0.25, 0.3) is 5.91 Å². The van der Waals surface area contributed by atoms with E-state index in [4.69, 9.17) is 4.52 Å². The SMILES string of the molecule is Cc1nc2ccccn2c1C(=O)N1CCCC1c1nc(C2CC2)no1. The third-order valence-corrected chi connectivity index (χ3v) is 5.11. The van der Waals surface area contributed by atoms with E-state index in [0.717, 1.165) is 42.8 Å². The van der Waals surface area contributed by atoms with Gasteiger partial charge in [-0.25, -0.2) is 4.98 Å². The number of carbonyl (C=O) groups is 1. The molecule has 2 aliphatic rings. The van der Waals surface area contributed by atoms with E-state index in [-0.39, 0.29) is 11.9 Å². The second kappa shape index (κ2) is 5.40. The Morgan fingerprint density at radius 3 is 2.96 bits per heavy atom. The maximum absolute atomic E-state index is 13.3. The van der Waals surface area contributed by atoms with Crippen molar-refractivity contribution < 1.29 is 9.32 Å². The first-order valence-corrected chi connectivity index (χ1v) is 8.80. The number of rotatable bonds is 3. The highest BCUT2D eigenvalue weighted by atomic mass is 16.5. The first-order chi connectivity index (χ1) is 12.2. The van der Waals surface area contributed by atoms with Gasteiger partial charge in [-0.15, -0.1) is 0 Å². The summed E-state index contributed by atoms with van der Waals surface area (Å²) in [6.45, 7) is 2.58. The Labute approximate surface area is 144 Å². The number of imidazole rings is 1. The molecule has 1 amide bonds. The van der Waals surface area contributed by atoms with Crippen LogP contribution in [0.25, 0.3) is 5.65 Å². The van der Waals surface area contributed by atoms with Gasteiger partial charge in [-0.05, 0) is 44.7 Å². The molecule has 128 valence electrons. The number of aromatic nitrogens is 4. The van der Waals surface area contributed by atoms with Crippen LogP contribution in [-0.4, -0.2) is 36.9 Å². The fourth-order valence-corrected chi connectivity index (χ4v) is 3.66. The maximum atomic E-state index is 13.3. The number of amides is 1. The highest BCUT2D eigenvalue weighted by Crippen LogP contribution is 2.40. The average Bonchev–Trinajstić information content (AvgIpc) is 3.05. The second-order valence-electron chi connectivity index (χ2n) is 6.90. The average molecular weight is 337 g/mol. The van der Waals surface area contributed by atoms with E-state index in [1.807, 2.05) is 40.6 Å². The normalized spacial score (nSPS) is 20.5.